The van der Waals surface area contributed by atoms with E-state index in [0.29, 0.717) is 5.92 Å². The number of nitrogens with zero attached hydrogens (tertiary/aromatic N) is 2. The molecule has 12 rings (SSSR count). The van der Waals surface area contributed by atoms with Crippen LogP contribution in [0.15, 0.2) is 182 Å². The molecule has 2 atom stereocenters. The Morgan fingerprint density at radius 2 is 1.36 bits per heavy atom. The van der Waals surface area contributed by atoms with Crippen LogP contribution in [-0.2, 0) is 11.8 Å². The van der Waals surface area contributed by atoms with Crippen molar-refractivity contribution in [3.8, 4) is 11.1 Å². The van der Waals surface area contributed by atoms with E-state index in [1.165, 1.54) is 87.7 Å². The van der Waals surface area contributed by atoms with Gasteiger partial charge in [0.15, 0.2) is 0 Å². The molecule has 0 N–H and O–H groups in total. The first-order chi connectivity index (χ1) is 27.6. The predicted octanol–water partition coefficient (Wildman–Crippen LogP) is 13.8. The summed E-state index contributed by atoms with van der Waals surface area (Å²) in [6, 6.07) is 49.5. The van der Waals surface area contributed by atoms with Crippen LogP contribution in [0.5, 0.6) is 0 Å². The van der Waals surface area contributed by atoms with Gasteiger partial charge in [-0.25, -0.2) is 4.98 Å². The zero-order chi connectivity index (χ0) is 37.0. The van der Waals surface area contributed by atoms with E-state index in [0.717, 1.165) is 29.5 Å². The van der Waals surface area contributed by atoms with Crippen molar-refractivity contribution in [1.29, 1.82) is 0 Å². The van der Waals surface area contributed by atoms with Crippen molar-refractivity contribution in [2.24, 2.45) is 5.92 Å². The molecule has 0 spiro atoms. The lowest BCUT2D eigenvalue weighted by atomic mass is 9.72. The largest absolute Gasteiger partial charge is 0.292 e. The lowest BCUT2D eigenvalue weighted by molar-refractivity contribution is 0.588. The molecule has 2 heterocycles. The summed E-state index contributed by atoms with van der Waals surface area (Å²) in [5.74, 6) is 0.473. The highest BCUT2D eigenvalue weighted by Crippen LogP contribution is 2.46. The van der Waals surface area contributed by atoms with Crippen LogP contribution in [0.4, 0.5) is 0 Å². The maximum absolute atomic E-state index is 5.14. The van der Waals surface area contributed by atoms with E-state index < -0.39 is 0 Å². The van der Waals surface area contributed by atoms with E-state index in [9.17, 15) is 0 Å². The molecule has 0 bridgehead atoms. The van der Waals surface area contributed by atoms with Gasteiger partial charge in [0, 0.05) is 22.1 Å². The minimum Gasteiger partial charge on any atom is -0.292 e. The van der Waals surface area contributed by atoms with Crippen LogP contribution in [0.1, 0.15) is 35.6 Å². The van der Waals surface area contributed by atoms with E-state index in [1.807, 2.05) is 0 Å². The quantitative estimate of drug-likeness (QED) is 0.132. The van der Waals surface area contributed by atoms with Crippen molar-refractivity contribution in [2.45, 2.75) is 25.2 Å². The number of pyridine rings is 1. The fourth-order valence-corrected chi connectivity index (χ4v) is 10.0. The second-order valence-corrected chi connectivity index (χ2v) is 16.1. The number of imidazole rings is 1. The van der Waals surface area contributed by atoms with E-state index in [-0.39, 0.29) is 5.41 Å². The monoisotopic (exact) mass is 714 g/mol. The fourth-order valence-electron chi connectivity index (χ4n) is 10.0. The Hall–Kier alpha value is -6.77. The molecular formula is C54H38N2. The second-order valence-electron chi connectivity index (χ2n) is 16.1. The molecule has 0 saturated carbocycles. The van der Waals surface area contributed by atoms with Crippen molar-refractivity contribution in [3.05, 3.63) is 204 Å². The summed E-state index contributed by atoms with van der Waals surface area (Å²) < 4.78 is 2.33. The number of para-hydroxylation sites is 3. The molecule has 0 amide bonds. The van der Waals surface area contributed by atoms with E-state index >= 15 is 0 Å². The van der Waals surface area contributed by atoms with Crippen molar-refractivity contribution in [2.75, 3.05) is 0 Å². The van der Waals surface area contributed by atoms with Gasteiger partial charge in [0.1, 0.15) is 5.65 Å². The minimum atomic E-state index is -0.152. The van der Waals surface area contributed by atoms with Gasteiger partial charge < -0.3 is 0 Å². The Kier molecular flexibility index (Phi) is 6.69. The third-order valence-electron chi connectivity index (χ3n) is 12.8. The summed E-state index contributed by atoms with van der Waals surface area (Å²) in [6.07, 6.45) is 20.7. The van der Waals surface area contributed by atoms with Gasteiger partial charge in [-0.05, 0) is 115 Å². The average molecular weight is 715 g/mol. The van der Waals surface area contributed by atoms with Crippen LogP contribution in [-0.4, -0.2) is 9.38 Å². The Morgan fingerprint density at radius 1 is 0.643 bits per heavy atom. The van der Waals surface area contributed by atoms with Crippen molar-refractivity contribution < 1.29 is 0 Å². The van der Waals surface area contributed by atoms with Crippen LogP contribution >= 0.6 is 0 Å². The number of hydrogen-bond donors (Lipinski definition) is 0. The van der Waals surface area contributed by atoms with Crippen LogP contribution in [0, 0.1) is 5.92 Å². The van der Waals surface area contributed by atoms with Gasteiger partial charge >= 0.3 is 0 Å². The molecule has 3 aliphatic carbocycles. The van der Waals surface area contributed by atoms with Gasteiger partial charge in [0.25, 0.3) is 0 Å². The number of benzene rings is 7. The highest BCUT2D eigenvalue weighted by molar-refractivity contribution is 6.20. The molecule has 2 heteroatoms. The Bertz CT molecular complexity index is 3270. The van der Waals surface area contributed by atoms with E-state index in [2.05, 4.69) is 193 Å². The van der Waals surface area contributed by atoms with Crippen LogP contribution in [0.2, 0.25) is 0 Å². The van der Waals surface area contributed by atoms with Crippen molar-refractivity contribution in [1.82, 2.24) is 9.38 Å². The van der Waals surface area contributed by atoms with Gasteiger partial charge in [-0.3, -0.25) is 4.40 Å². The fraction of sp³-hybridized carbons (Fsp3) is 0.0926. The first-order valence-electron chi connectivity index (χ1n) is 19.9. The number of allylic oxidation sites excluding steroid dienone is 9. The highest BCUT2D eigenvalue weighted by Gasteiger charge is 2.30. The Labute approximate surface area is 325 Å². The maximum Gasteiger partial charge on any atom is 0.146 e. The first-order valence-corrected chi connectivity index (χ1v) is 19.9. The van der Waals surface area contributed by atoms with Gasteiger partial charge in [-0.15, -0.1) is 0 Å². The van der Waals surface area contributed by atoms with Crippen LogP contribution in [0.25, 0.3) is 82.7 Å². The molecule has 264 valence electrons. The topological polar surface area (TPSA) is 17.3 Å². The zero-order valence-corrected chi connectivity index (χ0v) is 31.2. The molecule has 9 aromatic rings. The SMILES string of the molecule is CC1(c2ccc3c(c2)c2ccccc2n2c4ccccc4nc32)C=Cc2cc(-c3c4ccccc4c(C4=CC5=CC=CCC5C=C4)c4ccccc34)ccc2C1. The second kappa shape index (κ2) is 11.9. The minimum absolute atomic E-state index is 0.152. The summed E-state index contributed by atoms with van der Waals surface area (Å²) in [7, 11) is 0. The summed E-state index contributed by atoms with van der Waals surface area (Å²) >= 11 is 0. The number of aromatic nitrogens is 2. The molecular weight excluding hydrogens is 677 g/mol. The van der Waals surface area contributed by atoms with E-state index in [1.54, 1.807) is 0 Å². The molecule has 0 radical (unpaired) electrons. The van der Waals surface area contributed by atoms with Crippen LogP contribution < -0.4 is 0 Å². The number of hydrogen-bond acceptors (Lipinski definition) is 1. The number of rotatable bonds is 3. The molecule has 3 aliphatic rings. The van der Waals surface area contributed by atoms with Gasteiger partial charge in [0.2, 0.25) is 0 Å². The molecule has 0 fully saturated rings. The standard InChI is InChI=1S/C54H38N2/c1-54(40-26-27-46-47(32-40)41-14-8-10-20-49(41)56-50-21-11-9-19-48(50)55-53(46)56)29-28-36-31-38(24-25-39(36)33-54)52-44-17-6-4-15-42(44)51(43-16-5-7-18-45(43)52)37-23-22-34-12-2-3-13-35(34)30-37/h2-11,13-32,34H,12,33H2,1H3. The molecule has 2 unspecified atom stereocenters. The smallest absolute Gasteiger partial charge is 0.146 e. The Morgan fingerprint density at radius 3 is 2.16 bits per heavy atom. The molecule has 0 saturated heterocycles. The van der Waals surface area contributed by atoms with Gasteiger partial charge in [-0.1, -0.05) is 159 Å². The normalized spacial score (nSPS) is 18.9. The molecule has 0 aliphatic heterocycles. The lowest BCUT2D eigenvalue weighted by Crippen LogP contribution is -2.25. The third kappa shape index (κ3) is 4.59. The highest BCUT2D eigenvalue weighted by atomic mass is 15.0. The summed E-state index contributed by atoms with van der Waals surface area (Å²) in [4.78, 5) is 5.14. The molecule has 56 heavy (non-hydrogen) atoms. The summed E-state index contributed by atoms with van der Waals surface area (Å²) in [5, 5.41) is 8.88. The first kappa shape index (κ1) is 31.6. The average Bonchev–Trinajstić information content (AvgIpc) is 3.65. The third-order valence-corrected chi connectivity index (χ3v) is 12.8. The lowest BCUT2D eigenvalue weighted by Gasteiger charge is -2.32. The molecule has 2 nitrogen and oxygen atoms in total. The molecule has 2 aromatic heterocycles. The zero-order valence-electron chi connectivity index (χ0n) is 31.2. The maximum atomic E-state index is 5.14. The summed E-state index contributed by atoms with van der Waals surface area (Å²) in [5.41, 5.74) is 14.8. The summed E-state index contributed by atoms with van der Waals surface area (Å²) in [6.45, 7) is 2.39. The predicted molar refractivity (Wildman–Crippen MR) is 237 cm³/mol. The Balaban J connectivity index is 0.973. The van der Waals surface area contributed by atoms with Crippen LogP contribution in [0.3, 0.4) is 0 Å². The van der Waals surface area contributed by atoms with Gasteiger partial charge in [0.05, 0.1) is 16.6 Å². The van der Waals surface area contributed by atoms with Crippen molar-refractivity contribution >= 4 is 71.5 Å². The van der Waals surface area contributed by atoms with E-state index in [4.69, 9.17) is 4.98 Å². The molecule has 7 aromatic carbocycles. The van der Waals surface area contributed by atoms with Crippen molar-refractivity contribution in [3.63, 3.8) is 0 Å². The number of fused-ring (bicyclic) bond motifs is 12. The van der Waals surface area contributed by atoms with Gasteiger partial charge in [-0.2, -0.15) is 0 Å².